The van der Waals surface area contributed by atoms with Gasteiger partial charge in [0.2, 0.25) is 0 Å². The molecule has 1 aromatic carbocycles. The van der Waals surface area contributed by atoms with Crippen LogP contribution in [0.15, 0.2) is 21.7 Å². The smallest absolute Gasteiger partial charge is 0.350 e. The first-order valence-electron chi connectivity index (χ1n) is 9.46. The first kappa shape index (κ1) is 18.8. The van der Waals surface area contributed by atoms with Gasteiger partial charge >= 0.3 is 5.69 Å². The van der Waals surface area contributed by atoms with Crippen molar-refractivity contribution in [3.63, 3.8) is 0 Å². The average Bonchev–Trinajstić information content (AvgIpc) is 3.38. The van der Waals surface area contributed by atoms with Crippen LogP contribution in [0, 0.1) is 5.92 Å². The third kappa shape index (κ3) is 2.76. The Kier molecular flexibility index (Phi) is 4.18. The van der Waals surface area contributed by atoms with Gasteiger partial charge in [0.1, 0.15) is 11.7 Å². The van der Waals surface area contributed by atoms with Crippen LogP contribution in [0.4, 0.5) is 10.1 Å². The van der Waals surface area contributed by atoms with Gasteiger partial charge in [-0.05, 0) is 38.8 Å². The predicted molar refractivity (Wildman–Crippen MR) is 106 cm³/mol. The molecule has 0 unspecified atom stereocenters. The first-order valence-corrected chi connectivity index (χ1v) is 9.46. The number of methoxy groups -OCH3 is 1. The number of benzene rings is 1. The number of anilines is 1. The normalized spacial score (nSPS) is 22.8. The zero-order valence-electron chi connectivity index (χ0n) is 16.3. The molecule has 8 nitrogen and oxygen atoms in total. The molecule has 0 spiro atoms. The van der Waals surface area contributed by atoms with Crippen LogP contribution in [0.5, 0.6) is 5.75 Å². The highest BCUT2D eigenvalue weighted by Gasteiger charge is 2.42. The Morgan fingerprint density at radius 1 is 1.21 bits per heavy atom. The lowest BCUT2D eigenvalue weighted by Gasteiger charge is -2.28. The Hall–Kier alpha value is -2.55. The summed E-state index contributed by atoms with van der Waals surface area (Å²) in [5, 5.41) is 0.307. The van der Waals surface area contributed by atoms with Gasteiger partial charge in [-0.1, -0.05) is 0 Å². The molecule has 2 aliphatic rings. The fraction of sp³-hybridized carbons (Fsp3) is 0.579. The molecule has 2 heterocycles. The summed E-state index contributed by atoms with van der Waals surface area (Å²) >= 11 is 0. The lowest BCUT2D eigenvalue weighted by molar-refractivity contribution is 0.208. The summed E-state index contributed by atoms with van der Waals surface area (Å²) in [6, 6.07) is 3.34. The molecule has 1 saturated heterocycles. The Morgan fingerprint density at radius 2 is 1.89 bits per heavy atom. The number of halogens is 1. The number of rotatable bonds is 4. The minimum Gasteiger partial charge on any atom is -0.492 e. The Balaban J connectivity index is 1.93. The molecule has 1 aliphatic carbocycles. The maximum atomic E-state index is 14.7. The lowest BCUT2D eigenvalue weighted by atomic mass is 9.87. The summed E-state index contributed by atoms with van der Waals surface area (Å²) in [5.74, 6) is 5.76. The fourth-order valence-corrected chi connectivity index (χ4v) is 4.18. The van der Waals surface area contributed by atoms with Crippen molar-refractivity contribution in [1.82, 2.24) is 9.24 Å². The number of fused-ring (bicyclic) bond motifs is 1. The van der Waals surface area contributed by atoms with E-state index in [1.54, 1.807) is 12.1 Å². The number of hydrogen-bond donors (Lipinski definition) is 2. The summed E-state index contributed by atoms with van der Waals surface area (Å²) in [4.78, 5) is 27.1. The highest BCUT2D eigenvalue weighted by molar-refractivity contribution is 5.91. The summed E-state index contributed by atoms with van der Waals surface area (Å²) in [7, 11) is 1.49. The monoisotopic (exact) mass is 391 g/mol. The second kappa shape index (κ2) is 6.23. The highest BCUT2D eigenvalue weighted by atomic mass is 19.1. The van der Waals surface area contributed by atoms with Crippen LogP contribution < -0.4 is 32.5 Å². The molecule has 1 aliphatic heterocycles. The third-order valence-corrected chi connectivity index (χ3v) is 5.87. The van der Waals surface area contributed by atoms with Gasteiger partial charge in [0.15, 0.2) is 5.75 Å². The number of hydrogen-bond acceptors (Lipinski definition) is 6. The van der Waals surface area contributed by atoms with E-state index in [-0.39, 0.29) is 18.5 Å². The summed E-state index contributed by atoms with van der Waals surface area (Å²) < 4.78 is 22.5. The number of nitrogen functional groups attached to an aromatic ring is 1. The molecule has 1 aromatic heterocycles. The number of ether oxygens (including phenoxy) is 1. The Bertz CT molecular complexity index is 1050. The van der Waals surface area contributed by atoms with Gasteiger partial charge in [-0.25, -0.2) is 9.18 Å². The van der Waals surface area contributed by atoms with Crippen molar-refractivity contribution in [2.75, 3.05) is 30.9 Å². The molecule has 0 amide bonds. The predicted octanol–water partition coefficient (Wildman–Crippen LogP) is 0.732. The quantitative estimate of drug-likeness (QED) is 0.744. The lowest BCUT2D eigenvalue weighted by Crippen LogP contribution is -2.45. The molecule has 152 valence electrons. The van der Waals surface area contributed by atoms with Crippen molar-refractivity contribution in [2.24, 2.45) is 11.7 Å². The van der Waals surface area contributed by atoms with Crippen LogP contribution in [0.1, 0.15) is 32.7 Å². The van der Waals surface area contributed by atoms with Crippen molar-refractivity contribution < 1.29 is 9.13 Å². The fourth-order valence-electron chi connectivity index (χ4n) is 4.18. The van der Waals surface area contributed by atoms with Crippen molar-refractivity contribution in [2.45, 2.75) is 44.4 Å². The molecule has 2 atom stereocenters. The summed E-state index contributed by atoms with van der Waals surface area (Å²) in [5.41, 5.74) is 5.42. The molecule has 0 radical (unpaired) electrons. The molecular weight excluding hydrogens is 365 g/mol. The van der Waals surface area contributed by atoms with Gasteiger partial charge < -0.3 is 21.2 Å². The minimum absolute atomic E-state index is 0.0159. The molecule has 4 rings (SSSR count). The van der Waals surface area contributed by atoms with E-state index in [0.717, 1.165) is 12.8 Å². The van der Waals surface area contributed by atoms with Crippen LogP contribution in [0.25, 0.3) is 10.9 Å². The van der Waals surface area contributed by atoms with Crippen molar-refractivity contribution >= 4 is 16.6 Å². The molecule has 28 heavy (non-hydrogen) atoms. The number of aromatic nitrogens is 2. The van der Waals surface area contributed by atoms with E-state index in [4.69, 9.17) is 16.3 Å². The zero-order valence-corrected chi connectivity index (χ0v) is 16.3. The summed E-state index contributed by atoms with van der Waals surface area (Å²) in [6.45, 7) is 4.24. The standard InChI is InChI=1S/C19H26FN5O3/c1-19(2,21)12-8-23(9-13(12)20)14-7-6-11-15(16(14)28-3)24(10-4-5-10)18(27)25(22)17(11)26/h6-7,10,12-13H,4-5,8-9,21-22H2,1-3H3/t12-,13+/m0/s1. The average molecular weight is 391 g/mol. The maximum Gasteiger partial charge on any atom is 0.350 e. The van der Waals surface area contributed by atoms with Gasteiger partial charge in [0.25, 0.3) is 5.56 Å². The molecule has 9 heteroatoms. The van der Waals surface area contributed by atoms with Crippen LogP contribution in [0.3, 0.4) is 0 Å². The van der Waals surface area contributed by atoms with Crippen molar-refractivity contribution in [3.05, 3.63) is 33.0 Å². The number of nitrogens with zero attached hydrogens (tertiary/aromatic N) is 3. The highest BCUT2D eigenvalue weighted by Crippen LogP contribution is 2.42. The maximum absolute atomic E-state index is 14.7. The third-order valence-electron chi connectivity index (χ3n) is 5.87. The van der Waals surface area contributed by atoms with Crippen LogP contribution in [-0.2, 0) is 0 Å². The van der Waals surface area contributed by atoms with Crippen molar-refractivity contribution in [3.8, 4) is 5.75 Å². The van der Waals surface area contributed by atoms with E-state index in [9.17, 15) is 14.0 Å². The van der Waals surface area contributed by atoms with Gasteiger partial charge in [0, 0.05) is 30.6 Å². The van der Waals surface area contributed by atoms with Gasteiger partial charge in [-0.2, -0.15) is 4.68 Å². The molecule has 1 saturated carbocycles. The van der Waals surface area contributed by atoms with E-state index >= 15 is 0 Å². The van der Waals surface area contributed by atoms with E-state index in [1.165, 1.54) is 11.7 Å². The number of nitrogens with two attached hydrogens (primary N) is 2. The Morgan fingerprint density at radius 3 is 2.43 bits per heavy atom. The van der Waals surface area contributed by atoms with E-state index in [1.807, 2.05) is 18.7 Å². The molecule has 2 fully saturated rings. The zero-order chi connectivity index (χ0) is 20.4. The molecule has 4 N–H and O–H groups in total. The van der Waals surface area contributed by atoms with Crippen LogP contribution >= 0.6 is 0 Å². The Labute approximate surface area is 161 Å². The van der Waals surface area contributed by atoms with Crippen LogP contribution in [0.2, 0.25) is 0 Å². The first-order chi connectivity index (χ1) is 13.1. The SMILES string of the molecule is COc1c(N2C[C@@H](F)[C@@H](C(C)(C)N)C2)ccc2c(=O)n(N)c(=O)n(C3CC3)c12. The number of alkyl halides is 1. The van der Waals surface area contributed by atoms with Gasteiger partial charge in [-0.3, -0.25) is 9.36 Å². The second-order valence-corrected chi connectivity index (χ2v) is 8.42. The second-order valence-electron chi connectivity index (χ2n) is 8.42. The van der Waals surface area contributed by atoms with E-state index < -0.39 is 23.0 Å². The van der Waals surface area contributed by atoms with Gasteiger partial charge in [0.05, 0.1) is 18.2 Å². The topological polar surface area (TPSA) is 109 Å². The molecule has 0 bridgehead atoms. The van der Waals surface area contributed by atoms with Crippen LogP contribution in [-0.4, -0.2) is 41.2 Å². The minimum atomic E-state index is -1.08. The summed E-state index contributed by atoms with van der Waals surface area (Å²) in [6.07, 6.45) is 0.587. The van der Waals surface area contributed by atoms with Gasteiger partial charge in [-0.15, -0.1) is 0 Å². The largest absolute Gasteiger partial charge is 0.492 e. The molecular formula is C19H26FN5O3. The van der Waals surface area contributed by atoms with E-state index in [2.05, 4.69) is 0 Å². The molecule has 2 aromatic rings. The van der Waals surface area contributed by atoms with E-state index in [0.29, 0.717) is 33.6 Å². The van der Waals surface area contributed by atoms with Crippen molar-refractivity contribution in [1.29, 1.82) is 0 Å².